The molecule has 1 amide bonds. The molecule has 168 valence electrons. The number of nitrogens with two attached hydrogens (primary N) is 1. The third kappa shape index (κ3) is 7.09. The molecule has 0 unspecified atom stereocenters. The Morgan fingerprint density at radius 1 is 1.23 bits per heavy atom. The second kappa shape index (κ2) is 12.5. The molecular formula is C23H33IN6O. The van der Waals surface area contributed by atoms with Gasteiger partial charge < -0.3 is 20.9 Å². The number of aliphatic imine (C=N–C) groups is 1. The molecule has 31 heavy (non-hydrogen) atoms. The normalized spacial score (nSPS) is 14.6. The Labute approximate surface area is 202 Å². The first-order valence-electron chi connectivity index (χ1n) is 10.6. The van der Waals surface area contributed by atoms with E-state index in [2.05, 4.69) is 57.4 Å². The van der Waals surface area contributed by atoms with E-state index in [0.717, 1.165) is 56.4 Å². The zero-order chi connectivity index (χ0) is 21.3. The van der Waals surface area contributed by atoms with E-state index < -0.39 is 0 Å². The molecule has 3 N–H and O–H groups in total. The summed E-state index contributed by atoms with van der Waals surface area (Å²) in [5.41, 5.74) is 7.79. The minimum absolute atomic E-state index is 0. The van der Waals surface area contributed by atoms with Gasteiger partial charge in [0.15, 0.2) is 5.96 Å². The highest BCUT2D eigenvalue weighted by molar-refractivity contribution is 14.0. The van der Waals surface area contributed by atoms with Crippen LogP contribution in [-0.4, -0.2) is 48.4 Å². The Bertz CT molecular complexity index is 852. The fourth-order valence-corrected chi connectivity index (χ4v) is 3.78. The molecule has 7 nitrogen and oxygen atoms in total. The number of piperidine rings is 1. The second-order valence-corrected chi connectivity index (χ2v) is 7.66. The first-order valence-corrected chi connectivity index (χ1v) is 10.6. The van der Waals surface area contributed by atoms with Crippen LogP contribution in [0.2, 0.25) is 0 Å². The molecule has 2 aromatic rings. The molecule has 1 aliphatic rings. The lowest BCUT2D eigenvalue weighted by molar-refractivity contribution is -0.122. The molecule has 1 aromatic heterocycles. The number of carbonyl (C=O) groups is 1. The fourth-order valence-electron chi connectivity index (χ4n) is 3.78. The third-order valence-electron chi connectivity index (χ3n) is 5.42. The number of rotatable bonds is 7. The SMILES string of the molecule is CCNC(=NCc1cccnc1N1CCC(C(N)=O)CC1)N(C)Cc1ccccc1.I. The summed E-state index contributed by atoms with van der Waals surface area (Å²) in [6.07, 6.45) is 3.36. The van der Waals surface area contributed by atoms with Crippen molar-refractivity contribution in [3.63, 3.8) is 0 Å². The molecule has 3 rings (SSSR count). The van der Waals surface area contributed by atoms with Gasteiger partial charge in [0.1, 0.15) is 5.82 Å². The number of carbonyl (C=O) groups excluding carboxylic acids is 1. The van der Waals surface area contributed by atoms with E-state index >= 15 is 0 Å². The topological polar surface area (TPSA) is 86.9 Å². The lowest BCUT2D eigenvalue weighted by atomic mass is 9.96. The Morgan fingerprint density at radius 3 is 2.58 bits per heavy atom. The number of nitrogens with one attached hydrogen (secondary N) is 1. The minimum atomic E-state index is -0.197. The highest BCUT2D eigenvalue weighted by Crippen LogP contribution is 2.25. The summed E-state index contributed by atoms with van der Waals surface area (Å²) in [6.45, 7) is 5.78. The maximum atomic E-state index is 11.5. The van der Waals surface area contributed by atoms with E-state index in [1.54, 1.807) is 0 Å². The number of hydrogen-bond donors (Lipinski definition) is 2. The molecule has 0 radical (unpaired) electrons. The molecule has 1 fully saturated rings. The Balaban J connectivity index is 0.00000341. The molecule has 0 aliphatic carbocycles. The summed E-state index contributed by atoms with van der Waals surface area (Å²) in [6, 6.07) is 14.4. The Morgan fingerprint density at radius 2 is 1.94 bits per heavy atom. The van der Waals surface area contributed by atoms with Crippen LogP contribution in [0.25, 0.3) is 0 Å². The van der Waals surface area contributed by atoms with Crippen LogP contribution in [0.3, 0.4) is 0 Å². The number of primary amides is 1. The summed E-state index contributed by atoms with van der Waals surface area (Å²) in [7, 11) is 2.05. The lowest BCUT2D eigenvalue weighted by Crippen LogP contribution is -2.39. The van der Waals surface area contributed by atoms with Gasteiger partial charge >= 0.3 is 0 Å². The molecule has 1 saturated heterocycles. The zero-order valence-electron chi connectivity index (χ0n) is 18.3. The number of benzene rings is 1. The van der Waals surface area contributed by atoms with Gasteiger partial charge in [-0.2, -0.15) is 0 Å². The van der Waals surface area contributed by atoms with Crippen LogP contribution in [0.15, 0.2) is 53.7 Å². The van der Waals surface area contributed by atoms with E-state index in [9.17, 15) is 4.79 Å². The molecular weight excluding hydrogens is 503 g/mol. The van der Waals surface area contributed by atoms with Crippen molar-refractivity contribution in [3.8, 4) is 0 Å². The standard InChI is InChI=1S/C23H32N6O.HI/c1-3-25-23(28(2)17-18-8-5-4-6-9-18)27-16-20-10-7-13-26-22(20)29-14-11-19(12-15-29)21(24)30;/h4-10,13,19H,3,11-12,14-17H2,1-2H3,(H2,24,30)(H,25,27);1H. The quantitative estimate of drug-likeness (QED) is 0.323. The molecule has 1 aromatic carbocycles. The molecule has 0 spiro atoms. The van der Waals surface area contributed by atoms with Gasteiger partial charge in [-0.1, -0.05) is 36.4 Å². The second-order valence-electron chi connectivity index (χ2n) is 7.66. The van der Waals surface area contributed by atoms with Gasteiger partial charge in [-0.3, -0.25) is 4.79 Å². The monoisotopic (exact) mass is 536 g/mol. The average molecular weight is 536 g/mol. The molecule has 0 saturated carbocycles. The maximum absolute atomic E-state index is 11.5. The number of halogens is 1. The fraction of sp³-hybridized carbons (Fsp3) is 0.435. The number of guanidine groups is 1. The Hall–Kier alpha value is -2.36. The predicted molar refractivity (Wildman–Crippen MR) is 137 cm³/mol. The van der Waals surface area contributed by atoms with Crippen LogP contribution in [0, 0.1) is 5.92 Å². The van der Waals surface area contributed by atoms with Gasteiger partial charge in [0.2, 0.25) is 5.91 Å². The number of hydrogen-bond acceptors (Lipinski definition) is 4. The van der Waals surface area contributed by atoms with E-state index in [4.69, 9.17) is 10.7 Å². The van der Waals surface area contributed by atoms with Gasteiger partial charge in [0.25, 0.3) is 0 Å². The smallest absolute Gasteiger partial charge is 0.220 e. The van der Waals surface area contributed by atoms with Gasteiger partial charge in [0.05, 0.1) is 6.54 Å². The van der Waals surface area contributed by atoms with Crippen LogP contribution in [0.1, 0.15) is 30.9 Å². The molecule has 2 heterocycles. The van der Waals surface area contributed by atoms with Crippen LogP contribution in [-0.2, 0) is 17.9 Å². The van der Waals surface area contributed by atoms with E-state index in [1.807, 2.05) is 25.4 Å². The molecule has 0 bridgehead atoms. The highest BCUT2D eigenvalue weighted by atomic mass is 127. The summed E-state index contributed by atoms with van der Waals surface area (Å²) in [5, 5.41) is 3.38. The van der Waals surface area contributed by atoms with Gasteiger partial charge in [-0.25, -0.2) is 9.98 Å². The third-order valence-corrected chi connectivity index (χ3v) is 5.42. The summed E-state index contributed by atoms with van der Waals surface area (Å²) in [5.74, 6) is 1.59. The predicted octanol–water partition coefficient (Wildman–Crippen LogP) is 3.00. The number of aromatic nitrogens is 1. The van der Waals surface area contributed by atoms with Crippen molar-refractivity contribution in [3.05, 3.63) is 59.8 Å². The summed E-state index contributed by atoms with van der Waals surface area (Å²) >= 11 is 0. The van der Waals surface area contributed by atoms with Crippen molar-refractivity contribution in [2.75, 3.05) is 31.6 Å². The van der Waals surface area contributed by atoms with Crippen molar-refractivity contribution < 1.29 is 4.79 Å². The first-order chi connectivity index (χ1) is 14.6. The minimum Gasteiger partial charge on any atom is -0.369 e. The largest absolute Gasteiger partial charge is 0.369 e. The van der Waals surface area contributed by atoms with Crippen LogP contribution >= 0.6 is 24.0 Å². The number of nitrogens with zero attached hydrogens (tertiary/aromatic N) is 4. The van der Waals surface area contributed by atoms with E-state index in [-0.39, 0.29) is 35.8 Å². The van der Waals surface area contributed by atoms with Crippen LogP contribution in [0.4, 0.5) is 5.82 Å². The summed E-state index contributed by atoms with van der Waals surface area (Å²) in [4.78, 5) is 25.3. The van der Waals surface area contributed by atoms with Crippen molar-refractivity contribution in [1.29, 1.82) is 0 Å². The van der Waals surface area contributed by atoms with Crippen LogP contribution in [0.5, 0.6) is 0 Å². The highest BCUT2D eigenvalue weighted by Gasteiger charge is 2.25. The van der Waals surface area contributed by atoms with Crippen molar-refractivity contribution in [1.82, 2.24) is 15.2 Å². The molecule has 1 aliphatic heterocycles. The van der Waals surface area contributed by atoms with Crippen molar-refractivity contribution in [2.45, 2.75) is 32.9 Å². The first kappa shape index (κ1) is 24.9. The van der Waals surface area contributed by atoms with E-state index in [1.165, 1.54) is 5.56 Å². The maximum Gasteiger partial charge on any atom is 0.220 e. The van der Waals surface area contributed by atoms with Gasteiger partial charge in [-0.15, -0.1) is 24.0 Å². The molecule has 0 atom stereocenters. The average Bonchev–Trinajstić information content (AvgIpc) is 2.77. The molecule has 8 heteroatoms. The lowest BCUT2D eigenvalue weighted by Gasteiger charge is -2.32. The van der Waals surface area contributed by atoms with E-state index in [0.29, 0.717) is 6.54 Å². The van der Waals surface area contributed by atoms with Gasteiger partial charge in [0, 0.05) is 50.9 Å². The van der Waals surface area contributed by atoms with Crippen molar-refractivity contribution in [2.24, 2.45) is 16.6 Å². The number of anilines is 1. The number of pyridine rings is 1. The number of amides is 1. The van der Waals surface area contributed by atoms with Crippen molar-refractivity contribution >= 4 is 41.7 Å². The van der Waals surface area contributed by atoms with Gasteiger partial charge in [-0.05, 0) is 31.4 Å². The van der Waals surface area contributed by atoms with Crippen LogP contribution < -0.4 is 16.0 Å². The zero-order valence-corrected chi connectivity index (χ0v) is 20.7. The Kier molecular flexibility index (Phi) is 10.0. The summed E-state index contributed by atoms with van der Waals surface area (Å²) < 4.78 is 0.